The number of hydrogen-bond acceptors (Lipinski definition) is 5. The van der Waals surface area contributed by atoms with Crippen molar-refractivity contribution in [2.24, 2.45) is 0 Å². The summed E-state index contributed by atoms with van der Waals surface area (Å²) in [6.45, 7) is 0. The van der Waals surface area contributed by atoms with Gasteiger partial charge in [-0.1, -0.05) is 30.3 Å². The number of aromatic carboxylic acids is 1. The molecule has 0 atom stereocenters. The van der Waals surface area contributed by atoms with Crippen LogP contribution in [0.15, 0.2) is 53.1 Å². The molecule has 6 heteroatoms. The average molecular weight is 281 g/mol. The molecular formula is C15H11N3O3. The quantitative estimate of drug-likeness (QED) is 0.790. The molecule has 0 aliphatic rings. The summed E-state index contributed by atoms with van der Waals surface area (Å²) in [6.07, 6.45) is 1.42. The molecule has 3 aromatic rings. The van der Waals surface area contributed by atoms with Gasteiger partial charge in [-0.05, 0) is 12.1 Å². The van der Waals surface area contributed by atoms with Crippen LogP contribution in [0.2, 0.25) is 0 Å². The average Bonchev–Trinajstić information content (AvgIpc) is 2.98. The van der Waals surface area contributed by atoms with Crippen LogP contribution >= 0.6 is 0 Å². The molecule has 0 aliphatic heterocycles. The van der Waals surface area contributed by atoms with Crippen LogP contribution in [0, 0.1) is 0 Å². The monoisotopic (exact) mass is 281 g/mol. The molecule has 0 saturated heterocycles. The number of benzene rings is 1. The van der Waals surface area contributed by atoms with Gasteiger partial charge in [-0.2, -0.15) is 10.2 Å². The third-order valence-corrected chi connectivity index (χ3v) is 2.89. The SMILES string of the molecule is O=C(O)c1coc(Cc2ccc(-c3ccccc3)nn2)n1. The first-order chi connectivity index (χ1) is 10.2. The Morgan fingerprint density at radius 2 is 1.90 bits per heavy atom. The van der Waals surface area contributed by atoms with E-state index < -0.39 is 5.97 Å². The highest BCUT2D eigenvalue weighted by molar-refractivity contribution is 5.84. The van der Waals surface area contributed by atoms with Crippen molar-refractivity contribution in [2.75, 3.05) is 0 Å². The molecule has 0 radical (unpaired) electrons. The van der Waals surface area contributed by atoms with Gasteiger partial charge in [0.25, 0.3) is 0 Å². The lowest BCUT2D eigenvalue weighted by Crippen LogP contribution is -1.99. The number of aromatic nitrogens is 3. The second kappa shape index (κ2) is 5.54. The normalized spacial score (nSPS) is 10.5. The van der Waals surface area contributed by atoms with Gasteiger partial charge in [0.05, 0.1) is 17.8 Å². The van der Waals surface area contributed by atoms with E-state index in [2.05, 4.69) is 15.2 Å². The maximum Gasteiger partial charge on any atom is 0.357 e. The Labute approximate surface area is 120 Å². The van der Waals surface area contributed by atoms with Crippen molar-refractivity contribution >= 4 is 5.97 Å². The Hall–Kier alpha value is -3.02. The molecule has 0 saturated carbocycles. The molecule has 2 aromatic heterocycles. The van der Waals surface area contributed by atoms with Crippen LogP contribution in [0.4, 0.5) is 0 Å². The first-order valence-corrected chi connectivity index (χ1v) is 6.28. The number of oxazole rings is 1. The molecule has 0 fully saturated rings. The minimum absolute atomic E-state index is 0.112. The van der Waals surface area contributed by atoms with Gasteiger partial charge >= 0.3 is 5.97 Å². The number of carboxylic acids is 1. The minimum Gasteiger partial charge on any atom is -0.476 e. The smallest absolute Gasteiger partial charge is 0.357 e. The summed E-state index contributed by atoms with van der Waals surface area (Å²) < 4.78 is 5.09. The van der Waals surface area contributed by atoms with Gasteiger partial charge in [0.1, 0.15) is 6.26 Å². The maximum absolute atomic E-state index is 10.7. The first-order valence-electron chi connectivity index (χ1n) is 6.28. The fraction of sp³-hybridized carbons (Fsp3) is 0.0667. The second-order valence-electron chi connectivity index (χ2n) is 4.38. The molecule has 1 aromatic carbocycles. The summed E-state index contributed by atoms with van der Waals surface area (Å²) in [6, 6.07) is 13.4. The number of carbonyl (C=O) groups is 1. The van der Waals surface area contributed by atoms with E-state index in [1.165, 1.54) is 0 Å². The Kier molecular flexibility index (Phi) is 3.42. The van der Waals surface area contributed by atoms with E-state index >= 15 is 0 Å². The lowest BCUT2D eigenvalue weighted by molar-refractivity contribution is 0.0690. The highest BCUT2D eigenvalue weighted by Gasteiger charge is 2.11. The predicted octanol–water partition coefficient (Wildman–Crippen LogP) is 2.42. The summed E-state index contributed by atoms with van der Waals surface area (Å²) >= 11 is 0. The predicted molar refractivity (Wildman–Crippen MR) is 73.7 cm³/mol. The third-order valence-electron chi connectivity index (χ3n) is 2.89. The molecule has 1 N–H and O–H groups in total. The molecule has 0 aliphatic carbocycles. The van der Waals surface area contributed by atoms with Crippen LogP contribution in [0.3, 0.4) is 0 Å². The lowest BCUT2D eigenvalue weighted by atomic mass is 10.1. The van der Waals surface area contributed by atoms with Crippen molar-refractivity contribution in [3.8, 4) is 11.3 Å². The van der Waals surface area contributed by atoms with E-state index in [9.17, 15) is 4.79 Å². The largest absolute Gasteiger partial charge is 0.476 e. The van der Waals surface area contributed by atoms with E-state index in [1.807, 2.05) is 42.5 Å². The summed E-state index contributed by atoms with van der Waals surface area (Å²) in [5, 5.41) is 17.0. The molecule has 2 heterocycles. The van der Waals surface area contributed by atoms with Gasteiger partial charge in [-0.25, -0.2) is 9.78 Å². The third kappa shape index (κ3) is 2.94. The van der Waals surface area contributed by atoms with Gasteiger partial charge in [-0.15, -0.1) is 0 Å². The van der Waals surface area contributed by atoms with E-state index in [4.69, 9.17) is 9.52 Å². The van der Waals surface area contributed by atoms with Gasteiger partial charge in [0.15, 0.2) is 5.69 Å². The van der Waals surface area contributed by atoms with E-state index in [0.29, 0.717) is 18.0 Å². The van der Waals surface area contributed by atoms with Gasteiger partial charge in [0, 0.05) is 5.56 Å². The topological polar surface area (TPSA) is 89.1 Å². The Bertz CT molecular complexity index is 751. The van der Waals surface area contributed by atoms with Crippen molar-refractivity contribution in [3.05, 3.63) is 66.0 Å². The Morgan fingerprint density at radius 3 is 2.52 bits per heavy atom. The molecule has 0 amide bonds. The van der Waals surface area contributed by atoms with Crippen LogP contribution < -0.4 is 0 Å². The fourth-order valence-electron chi connectivity index (χ4n) is 1.86. The molecule has 21 heavy (non-hydrogen) atoms. The fourth-order valence-corrected chi connectivity index (χ4v) is 1.86. The van der Waals surface area contributed by atoms with Crippen molar-refractivity contribution in [1.29, 1.82) is 0 Å². The van der Waals surface area contributed by atoms with Gasteiger partial charge in [0.2, 0.25) is 5.89 Å². The zero-order valence-electron chi connectivity index (χ0n) is 10.9. The van der Waals surface area contributed by atoms with Crippen LogP contribution in [0.1, 0.15) is 22.1 Å². The van der Waals surface area contributed by atoms with Crippen LogP contribution in [0.5, 0.6) is 0 Å². The standard InChI is InChI=1S/C15H11N3O3/c19-15(20)13-9-21-14(16-13)8-11-6-7-12(18-17-11)10-4-2-1-3-5-10/h1-7,9H,8H2,(H,19,20). The summed E-state index contributed by atoms with van der Waals surface area (Å²) in [4.78, 5) is 14.6. The van der Waals surface area contributed by atoms with Crippen molar-refractivity contribution in [3.63, 3.8) is 0 Å². The maximum atomic E-state index is 10.7. The Balaban J connectivity index is 1.76. The molecular weight excluding hydrogens is 270 g/mol. The zero-order valence-corrected chi connectivity index (χ0v) is 10.9. The highest BCUT2D eigenvalue weighted by atomic mass is 16.4. The van der Waals surface area contributed by atoms with Crippen LogP contribution in [0.25, 0.3) is 11.3 Å². The Morgan fingerprint density at radius 1 is 1.10 bits per heavy atom. The van der Waals surface area contributed by atoms with Gasteiger partial charge in [-0.3, -0.25) is 0 Å². The molecule has 0 spiro atoms. The van der Waals surface area contributed by atoms with Crippen LogP contribution in [-0.4, -0.2) is 26.3 Å². The zero-order chi connectivity index (χ0) is 14.7. The molecule has 3 rings (SSSR count). The van der Waals surface area contributed by atoms with E-state index in [1.54, 1.807) is 0 Å². The first kappa shape index (κ1) is 13.0. The molecule has 104 valence electrons. The summed E-state index contributed by atoms with van der Waals surface area (Å²) in [5.41, 5.74) is 2.31. The molecule has 0 unspecified atom stereocenters. The highest BCUT2D eigenvalue weighted by Crippen LogP contribution is 2.16. The number of hydrogen-bond donors (Lipinski definition) is 1. The van der Waals surface area contributed by atoms with Crippen molar-refractivity contribution < 1.29 is 14.3 Å². The summed E-state index contributed by atoms with van der Waals surface area (Å²) in [5.74, 6) is -0.815. The van der Waals surface area contributed by atoms with Crippen molar-refractivity contribution in [1.82, 2.24) is 15.2 Å². The number of nitrogens with zero attached hydrogens (tertiary/aromatic N) is 3. The molecule has 0 bridgehead atoms. The lowest BCUT2D eigenvalue weighted by Gasteiger charge is -2.00. The molecule has 6 nitrogen and oxygen atoms in total. The van der Waals surface area contributed by atoms with Gasteiger partial charge < -0.3 is 9.52 Å². The summed E-state index contributed by atoms with van der Waals surface area (Å²) in [7, 11) is 0. The van der Waals surface area contributed by atoms with E-state index in [-0.39, 0.29) is 5.69 Å². The van der Waals surface area contributed by atoms with E-state index in [0.717, 1.165) is 17.5 Å². The number of carboxylic acid groups (broad SMARTS) is 1. The van der Waals surface area contributed by atoms with Crippen molar-refractivity contribution in [2.45, 2.75) is 6.42 Å². The second-order valence-corrected chi connectivity index (χ2v) is 4.38. The number of rotatable bonds is 4. The van der Waals surface area contributed by atoms with Crippen LogP contribution in [-0.2, 0) is 6.42 Å². The minimum atomic E-state index is -1.12.